The average molecular weight is 281 g/mol. The van der Waals surface area contributed by atoms with Crippen molar-refractivity contribution >= 4 is 5.78 Å². The van der Waals surface area contributed by atoms with Gasteiger partial charge >= 0.3 is 6.18 Å². The summed E-state index contributed by atoms with van der Waals surface area (Å²) >= 11 is 0. The van der Waals surface area contributed by atoms with Gasteiger partial charge in [-0.25, -0.2) is 0 Å². The lowest BCUT2D eigenvalue weighted by molar-refractivity contribution is -0.242. The minimum absolute atomic E-state index is 0.448. The number of aliphatic hydroxyl groups is 1. The number of carbonyl (C=O) groups excluding carboxylic acids is 1. The second-order valence-corrected chi connectivity index (χ2v) is 4.12. The SMILES string of the molecule is O=C(c1ccccn1)C(O)(c1ccccc1)C(F)(F)F. The topological polar surface area (TPSA) is 50.2 Å². The van der Waals surface area contributed by atoms with Gasteiger partial charge in [-0.15, -0.1) is 0 Å². The van der Waals surface area contributed by atoms with Gasteiger partial charge in [-0.2, -0.15) is 13.2 Å². The number of hydrogen-bond donors (Lipinski definition) is 1. The van der Waals surface area contributed by atoms with Crippen LogP contribution >= 0.6 is 0 Å². The molecule has 20 heavy (non-hydrogen) atoms. The molecule has 0 saturated carbocycles. The lowest BCUT2D eigenvalue weighted by atomic mass is 9.87. The first-order valence-corrected chi connectivity index (χ1v) is 5.68. The maximum atomic E-state index is 13.2. The monoisotopic (exact) mass is 281 g/mol. The highest BCUT2D eigenvalue weighted by Crippen LogP contribution is 2.41. The summed E-state index contributed by atoms with van der Waals surface area (Å²) < 4.78 is 39.7. The number of halogens is 3. The van der Waals surface area contributed by atoms with Crippen molar-refractivity contribution in [1.29, 1.82) is 0 Å². The maximum Gasteiger partial charge on any atom is 0.429 e. The number of hydrogen-bond acceptors (Lipinski definition) is 3. The molecule has 0 bridgehead atoms. The molecule has 0 spiro atoms. The molecule has 6 heteroatoms. The molecule has 0 aliphatic heterocycles. The van der Waals surface area contributed by atoms with Gasteiger partial charge in [0.25, 0.3) is 5.60 Å². The van der Waals surface area contributed by atoms with Crippen LogP contribution in [0.15, 0.2) is 54.7 Å². The van der Waals surface area contributed by atoms with Crippen LogP contribution in [0, 0.1) is 0 Å². The Morgan fingerprint density at radius 1 is 1.00 bits per heavy atom. The van der Waals surface area contributed by atoms with E-state index in [1.165, 1.54) is 36.5 Å². The smallest absolute Gasteiger partial charge is 0.370 e. The summed E-state index contributed by atoms with van der Waals surface area (Å²) in [5.41, 5.74) is -4.60. The second-order valence-electron chi connectivity index (χ2n) is 4.12. The zero-order valence-electron chi connectivity index (χ0n) is 10.1. The molecule has 1 aromatic carbocycles. The highest BCUT2D eigenvalue weighted by Gasteiger charge is 2.60. The quantitative estimate of drug-likeness (QED) is 0.880. The molecule has 3 nitrogen and oxygen atoms in total. The molecule has 0 amide bonds. The Morgan fingerprint density at radius 3 is 2.10 bits per heavy atom. The number of nitrogens with zero attached hydrogens (tertiary/aromatic N) is 1. The largest absolute Gasteiger partial charge is 0.429 e. The van der Waals surface area contributed by atoms with Gasteiger partial charge < -0.3 is 5.11 Å². The predicted octanol–water partition coefficient (Wildman–Crippen LogP) is 2.71. The number of benzene rings is 1. The molecule has 0 radical (unpaired) electrons. The van der Waals surface area contributed by atoms with E-state index in [0.717, 1.165) is 18.2 Å². The van der Waals surface area contributed by atoms with Gasteiger partial charge in [0.15, 0.2) is 0 Å². The van der Waals surface area contributed by atoms with E-state index in [4.69, 9.17) is 0 Å². The zero-order chi connectivity index (χ0) is 14.8. The van der Waals surface area contributed by atoms with Crippen molar-refractivity contribution in [3.05, 3.63) is 66.0 Å². The summed E-state index contributed by atoms with van der Waals surface area (Å²) in [6.07, 6.45) is -3.96. The highest BCUT2D eigenvalue weighted by molar-refractivity contribution is 6.02. The van der Waals surface area contributed by atoms with Gasteiger partial charge in [0.1, 0.15) is 5.69 Å². The molecule has 0 saturated heterocycles. The van der Waals surface area contributed by atoms with Crippen molar-refractivity contribution in [3.63, 3.8) is 0 Å². The molecule has 1 aromatic heterocycles. The van der Waals surface area contributed by atoms with Crippen LogP contribution in [0.3, 0.4) is 0 Å². The van der Waals surface area contributed by atoms with Crippen LogP contribution in [-0.4, -0.2) is 22.1 Å². The molecule has 2 rings (SSSR count). The van der Waals surface area contributed by atoms with Crippen LogP contribution in [-0.2, 0) is 5.60 Å². The van der Waals surface area contributed by atoms with Crippen molar-refractivity contribution in [1.82, 2.24) is 4.98 Å². The van der Waals surface area contributed by atoms with Crippen LogP contribution in [0.1, 0.15) is 16.1 Å². The molecule has 2 aromatic rings. The summed E-state index contributed by atoms with van der Waals surface area (Å²) in [6, 6.07) is 10.2. The molecule has 104 valence electrons. The number of alkyl halides is 3. The summed E-state index contributed by atoms with van der Waals surface area (Å²) in [6.45, 7) is 0. The maximum absolute atomic E-state index is 13.2. The highest BCUT2D eigenvalue weighted by atomic mass is 19.4. The lowest BCUT2D eigenvalue weighted by Crippen LogP contribution is -2.49. The van der Waals surface area contributed by atoms with E-state index < -0.39 is 28.8 Å². The van der Waals surface area contributed by atoms with Crippen LogP contribution in [0.25, 0.3) is 0 Å². The van der Waals surface area contributed by atoms with E-state index in [9.17, 15) is 23.1 Å². The first-order chi connectivity index (χ1) is 9.37. The van der Waals surface area contributed by atoms with Gasteiger partial charge in [-0.1, -0.05) is 36.4 Å². The molecular weight excluding hydrogens is 271 g/mol. The Balaban J connectivity index is 2.58. The van der Waals surface area contributed by atoms with E-state index in [1.54, 1.807) is 0 Å². The molecule has 0 aliphatic carbocycles. The molecule has 1 N–H and O–H groups in total. The van der Waals surface area contributed by atoms with Crippen LogP contribution < -0.4 is 0 Å². The lowest BCUT2D eigenvalue weighted by Gasteiger charge is -2.29. The van der Waals surface area contributed by atoms with Crippen molar-refractivity contribution in [2.24, 2.45) is 0 Å². The standard InChI is InChI=1S/C14H10F3NO2/c15-14(16,17)13(20,10-6-2-1-3-7-10)12(19)11-8-4-5-9-18-11/h1-9,20H. The van der Waals surface area contributed by atoms with Gasteiger partial charge in [0.05, 0.1) is 0 Å². The van der Waals surface area contributed by atoms with E-state index in [2.05, 4.69) is 4.98 Å². The van der Waals surface area contributed by atoms with Crippen molar-refractivity contribution < 1.29 is 23.1 Å². The van der Waals surface area contributed by atoms with Crippen LogP contribution in [0.2, 0.25) is 0 Å². The Bertz CT molecular complexity index is 599. The number of carbonyl (C=O) groups is 1. The van der Waals surface area contributed by atoms with Crippen molar-refractivity contribution in [2.75, 3.05) is 0 Å². The normalized spacial score (nSPS) is 14.6. The van der Waals surface area contributed by atoms with Gasteiger partial charge in [0, 0.05) is 11.8 Å². The molecular formula is C14H10F3NO2. The molecule has 0 aliphatic rings. The molecule has 1 atom stereocenters. The molecule has 1 heterocycles. The van der Waals surface area contributed by atoms with E-state index in [0.29, 0.717) is 0 Å². The van der Waals surface area contributed by atoms with Gasteiger partial charge in [-0.05, 0) is 12.1 Å². The van der Waals surface area contributed by atoms with E-state index in [-0.39, 0.29) is 0 Å². The number of aromatic nitrogens is 1. The number of rotatable bonds is 3. The van der Waals surface area contributed by atoms with E-state index >= 15 is 0 Å². The minimum atomic E-state index is -5.15. The number of ketones is 1. The van der Waals surface area contributed by atoms with Crippen LogP contribution in [0.5, 0.6) is 0 Å². The van der Waals surface area contributed by atoms with Crippen LogP contribution in [0.4, 0.5) is 13.2 Å². The Kier molecular flexibility index (Phi) is 3.59. The van der Waals surface area contributed by atoms with Gasteiger partial charge in [-0.3, -0.25) is 9.78 Å². The Labute approximate surface area is 112 Å². The van der Waals surface area contributed by atoms with Crippen molar-refractivity contribution in [2.45, 2.75) is 11.8 Å². The van der Waals surface area contributed by atoms with Gasteiger partial charge in [0.2, 0.25) is 5.78 Å². The fourth-order valence-corrected chi connectivity index (χ4v) is 1.79. The van der Waals surface area contributed by atoms with Crippen molar-refractivity contribution in [3.8, 4) is 0 Å². The number of Topliss-reactive ketones (excluding diaryl/α,β-unsaturated/α-hetero) is 1. The third kappa shape index (κ3) is 2.30. The summed E-state index contributed by atoms with van der Waals surface area (Å²) in [7, 11) is 0. The first kappa shape index (κ1) is 14.2. The minimum Gasteiger partial charge on any atom is -0.370 e. The van der Waals surface area contributed by atoms with E-state index in [1.807, 2.05) is 0 Å². The second kappa shape index (κ2) is 5.05. The predicted molar refractivity (Wildman–Crippen MR) is 65.0 cm³/mol. The fourth-order valence-electron chi connectivity index (χ4n) is 1.79. The Morgan fingerprint density at radius 2 is 1.60 bits per heavy atom. The Hall–Kier alpha value is -2.21. The first-order valence-electron chi connectivity index (χ1n) is 5.68. The fraction of sp³-hybridized carbons (Fsp3) is 0.143. The third-order valence-electron chi connectivity index (χ3n) is 2.83. The number of pyridine rings is 1. The third-order valence-corrected chi connectivity index (χ3v) is 2.83. The molecule has 1 unspecified atom stereocenters. The summed E-state index contributed by atoms with van der Waals surface area (Å²) in [5.74, 6) is -1.50. The summed E-state index contributed by atoms with van der Waals surface area (Å²) in [5, 5.41) is 10.0. The average Bonchev–Trinajstić information content (AvgIpc) is 2.46. The molecule has 0 fully saturated rings. The zero-order valence-corrected chi connectivity index (χ0v) is 10.1. The summed E-state index contributed by atoms with van der Waals surface area (Å²) in [4.78, 5) is 15.7.